The van der Waals surface area contributed by atoms with Crippen LogP contribution in [0, 0.1) is 5.92 Å². The Morgan fingerprint density at radius 1 is 0.739 bits per heavy atom. The van der Waals surface area contributed by atoms with Gasteiger partial charge in [0.05, 0.1) is 7.14 Å². The molecule has 0 N–H and O–H groups in total. The van der Waals surface area contributed by atoms with E-state index in [1.165, 1.54) is 43.2 Å². The summed E-state index contributed by atoms with van der Waals surface area (Å²) in [5.41, 5.74) is 2.45. The molecule has 1 saturated carbocycles. The second-order valence-electron chi connectivity index (χ2n) is 7.03. The van der Waals surface area contributed by atoms with Crippen molar-refractivity contribution in [2.75, 3.05) is 6.16 Å². The third-order valence-corrected chi connectivity index (χ3v) is 8.01. The van der Waals surface area contributed by atoms with Crippen LogP contribution in [0.1, 0.15) is 43.2 Å². The number of benzene rings is 2. The number of hydrogen-bond acceptors (Lipinski definition) is 1. The minimum absolute atomic E-state index is 0.669. The summed E-state index contributed by atoms with van der Waals surface area (Å²) in [7, 11) is -2.23. The van der Waals surface area contributed by atoms with Gasteiger partial charge in [0.1, 0.15) is 0 Å². The molecular formula is C21H27OP. The quantitative estimate of drug-likeness (QED) is 0.567. The molecule has 1 aliphatic rings. The second kappa shape index (κ2) is 7.97. The lowest BCUT2D eigenvalue weighted by Crippen LogP contribution is -2.13. The number of hydrogen-bond donors (Lipinski definition) is 0. The maximum Gasteiger partial charge on any atom is 0.0963 e. The lowest BCUT2D eigenvalue weighted by Gasteiger charge is -2.27. The van der Waals surface area contributed by atoms with E-state index >= 15 is 0 Å². The molecule has 23 heavy (non-hydrogen) atoms. The topological polar surface area (TPSA) is 17.1 Å². The highest BCUT2D eigenvalue weighted by atomic mass is 31.2. The molecule has 1 aliphatic carbocycles. The summed E-state index contributed by atoms with van der Waals surface area (Å²) in [6.07, 6.45) is 8.97. The van der Waals surface area contributed by atoms with E-state index in [-0.39, 0.29) is 0 Å². The molecule has 1 fully saturated rings. The molecule has 122 valence electrons. The van der Waals surface area contributed by atoms with Crippen LogP contribution in [0.2, 0.25) is 0 Å². The molecule has 0 aromatic heterocycles. The van der Waals surface area contributed by atoms with Crippen molar-refractivity contribution in [2.45, 2.75) is 44.4 Å². The minimum Gasteiger partial charge on any atom is -0.323 e. The predicted molar refractivity (Wildman–Crippen MR) is 99.3 cm³/mol. The van der Waals surface area contributed by atoms with Gasteiger partial charge in [-0.25, -0.2) is 0 Å². The van der Waals surface area contributed by atoms with Crippen LogP contribution in [0.4, 0.5) is 0 Å². The Kier molecular flexibility index (Phi) is 5.73. The van der Waals surface area contributed by atoms with Crippen molar-refractivity contribution in [3.8, 4) is 0 Å². The Labute approximate surface area is 140 Å². The first-order chi connectivity index (χ1) is 11.2. The molecule has 0 atom stereocenters. The molecule has 0 aliphatic heterocycles. The van der Waals surface area contributed by atoms with Gasteiger partial charge < -0.3 is 4.57 Å². The normalized spacial score (nSPS) is 16.3. The zero-order valence-electron chi connectivity index (χ0n) is 13.9. The van der Waals surface area contributed by atoms with E-state index in [9.17, 15) is 4.57 Å². The fourth-order valence-corrected chi connectivity index (χ4v) is 7.29. The number of rotatable bonds is 6. The van der Waals surface area contributed by atoms with Crippen LogP contribution in [0.3, 0.4) is 0 Å². The summed E-state index contributed by atoms with van der Waals surface area (Å²) in [4.78, 5) is 0. The average molecular weight is 326 g/mol. The Morgan fingerprint density at radius 3 is 1.70 bits per heavy atom. The van der Waals surface area contributed by atoms with Gasteiger partial charge >= 0.3 is 0 Å². The lowest BCUT2D eigenvalue weighted by molar-refractivity contribution is 0.384. The minimum atomic E-state index is -2.23. The van der Waals surface area contributed by atoms with E-state index in [1.807, 2.05) is 12.1 Å². The van der Waals surface area contributed by atoms with Gasteiger partial charge in [-0.2, -0.15) is 0 Å². The van der Waals surface area contributed by atoms with Crippen LogP contribution in [0.15, 0.2) is 60.7 Å². The first-order valence-electron chi connectivity index (χ1n) is 8.88. The largest absolute Gasteiger partial charge is 0.323 e. The van der Waals surface area contributed by atoms with E-state index in [2.05, 4.69) is 48.5 Å². The lowest BCUT2D eigenvalue weighted by atomic mass is 9.91. The first kappa shape index (κ1) is 16.5. The second-order valence-corrected chi connectivity index (χ2v) is 10.1. The van der Waals surface area contributed by atoms with Crippen molar-refractivity contribution in [1.82, 2.24) is 0 Å². The molecular weight excluding hydrogens is 299 g/mol. The molecule has 2 heteroatoms. The highest BCUT2D eigenvalue weighted by molar-refractivity contribution is 7.62. The van der Waals surface area contributed by atoms with E-state index in [0.717, 1.165) is 18.5 Å². The van der Waals surface area contributed by atoms with Crippen LogP contribution >= 0.6 is 7.14 Å². The maximum absolute atomic E-state index is 13.8. The Hall–Kier alpha value is -1.33. The molecule has 0 bridgehead atoms. The van der Waals surface area contributed by atoms with E-state index in [4.69, 9.17) is 0 Å². The van der Waals surface area contributed by atoms with Gasteiger partial charge in [-0.3, -0.25) is 0 Å². The van der Waals surface area contributed by atoms with E-state index < -0.39 is 7.14 Å². The van der Waals surface area contributed by atoms with Crippen LogP contribution in [0.25, 0.3) is 0 Å². The van der Waals surface area contributed by atoms with Crippen molar-refractivity contribution in [3.05, 3.63) is 71.8 Å². The fraction of sp³-hybridized carbons (Fsp3) is 0.429. The Balaban J connectivity index is 1.77. The van der Waals surface area contributed by atoms with Crippen LogP contribution in [-0.2, 0) is 16.9 Å². The summed E-state index contributed by atoms with van der Waals surface area (Å²) in [6, 6.07) is 20.8. The van der Waals surface area contributed by atoms with Crippen LogP contribution in [-0.4, -0.2) is 6.16 Å². The van der Waals surface area contributed by atoms with Gasteiger partial charge in [0.15, 0.2) is 0 Å². The fourth-order valence-electron chi connectivity index (χ4n) is 3.86. The molecule has 0 spiro atoms. The van der Waals surface area contributed by atoms with Crippen molar-refractivity contribution in [1.29, 1.82) is 0 Å². The van der Waals surface area contributed by atoms with E-state index in [0.29, 0.717) is 5.92 Å². The Bertz CT molecular complexity index is 584. The summed E-state index contributed by atoms with van der Waals surface area (Å²) in [5, 5.41) is 0. The molecule has 2 aromatic rings. The van der Waals surface area contributed by atoms with Gasteiger partial charge in [0, 0.05) is 18.5 Å². The standard InChI is InChI=1S/C21H27OP/c22-23(16-19-10-4-1-5-11-19,17-20-12-6-2-7-13-20)18-21-14-8-3-9-15-21/h1-2,4-7,10-13,21H,3,8-9,14-18H2. The predicted octanol–water partition coefficient (Wildman–Crippen LogP) is 6.33. The third kappa shape index (κ3) is 5.08. The van der Waals surface area contributed by atoms with Gasteiger partial charge in [-0.15, -0.1) is 0 Å². The molecule has 3 rings (SSSR count). The monoisotopic (exact) mass is 326 g/mol. The molecule has 2 aromatic carbocycles. The highest BCUT2D eigenvalue weighted by Crippen LogP contribution is 2.55. The molecule has 0 saturated heterocycles. The first-order valence-corrected chi connectivity index (χ1v) is 11.1. The van der Waals surface area contributed by atoms with Crippen molar-refractivity contribution < 1.29 is 4.57 Å². The van der Waals surface area contributed by atoms with Crippen LogP contribution < -0.4 is 0 Å². The van der Waals surface area contributed by atoms with Gasteiger partial charge in [0.2, 0.25) is 0 Å². The molecule has 1 nitrogen and oxygen atoms in total. The molecule has 0 amide bonds. The summed E-state index contributed by atoms with van der Waals surface area (Å²) >= 11 is 0. The summed E-state index contributed by atoms with van der Waals surface area (Å²) in [6.45, 7) is 0. The van der Waals surface area contributed by atoms with Crippen molar-refractivity contribution in [3.63, 3.8) is 0 Å². The SMILES string of the molecule is O=P(Cc1ccccc1)(Cc1ccccc1)CC1CCCCC1. The van der Waals surface area contributed by atoms with E-state index in [1.54, 1.807) is 0 Å². The van der Waals surface area contributed by atoms with Crippen LogP contribution in [0.5, 0.6) is 0 Å². The van der Waals surface area contributed by atoms with Crippen molar-refractivity contribution in [2.24, 2.45) is 5.92 Å². The van der Waals surface area contributed by atoms with Crippen molar-refractivity contribution >= 4 is 7.14 Å². The third-order valence-electron chi connectivity index (χ3n) is 4.94. The molecule has 0 heterocycles. The molecule has 0 radical (unpaired) electrons. The highest BCUT2D eigenvalue weighted by Gasteiger charge is 2.28. The average Bonchev–Trinajstić information content (AvgIpc) is 2.57. The zero-order valence-corrected chi connectivity index (χ0v) is 14.8. The van der Waals surface area contributed by atoms with Gasteiger partial charge in [-0.05, 0) is 17.0 Å². The van der Waals surface area contributed by atoms with Gasteiger partial charge in [0.25, 0.3) is 0 Å². The zero-order chi connectivity index (χ0) is 16.0. The maximum atomic E-state index is 13.8. The smallest absolute Gasteiger partial charge is 0.0963 e. The molecule has 0 unspecified atom stereocenters. The Morgan fingerprint density at radius 2 is 1.22 bits per heavy atom. The van der Waals surface area contributed by atoms with Gasteiger partial charge in [-0.1, -0.05) is 92.8 Å². The summed E-state index contributed by atoms with van der Waals surface area (Å²) in [5.74, 6) is 0.669. The summed E-state index contributed by atoms with van der Waals surface area (Å²) < 4.78 is 13.8.